The number of rotatable bonds is 8. The first kappa shape index (κ1) is 21.7. The third kappa shape index (κ3) is 8.24. The lowest BCUT2D eigenvalue weighted by Crippen LogP contribution is -2.26. The van der Waals surface area contributed by atoms with Crippen molar-refractivity contribution in [2.75, 3.05) is 13.7 Å². The second kappa shape index (κ2) is 12.2. The fourth-order valence-corrected chi connectivity index (χ4v) is 2.25. The van der Waals surface area contributed by atoms with E-state index in [1.807, 2.05) is 42.5 Å². The molecule has 23 heavy (non-hydrogen) atoms. The number of aliphatic hydroxyl groups excluding tert-OH is 1. The second-order valence-electron chi connectivity index (χ2n) is 5.16. The van der Waals surface area contributed by atoms with Gasteiger partial charge in [0.05, 0.1) is 13.2 Å². The summed E-state index contributed by atoms with van der Waals surface area (Å²) in [6, 6.07) is 18.2. The maximum atomic E-state index is 10.0. The predicted molar refractivity (Wildman–Crippen MR) is 100.0 cm³/mol. The summed E-state index contributed by atoms with van der Waals surface area (Å²) in [5.74, 6) is 0.860. The van der Waals surface area contributed by atoms with Crippen LogP contribution in [0.15, 0.2) is 54.6 Å². The Kier molecular flexibility index (Phi) is 11.5. The van der Waals surface area contributed by atoms with Crippen molar-refractivity contribution in [1.82, 2.24) is 5.32 Å². The molecule has 0 saturated carbocycles. The first-order valence-electron chi connectivity index (χ1n) is 7.33. The summed E-state index contributed by atoms with van der Waals surface area (Å²) >= 11 is 0. The summed E-state index contributed by atoms with van der Waals surface area (Å²) in [6.07, 6.45) is 1.36. The molecule has 0 aliphatic heterocycles. The van der Waals surface area contributed by atoms with Crippen LogP contribution in [-0.4, -0.2) is 24.9 Å². The zero-order valence-electron chi connectivity index (χ0n) is 13.3. The van der Waals surface area contributed by atoms with E-state index in [1.54, 1.807) is 7.11 Å². The highest BCUT2D eigenvalue weighted by Crippen LogP contribution is 2.12. The minimum Gasteiger partial charge on any atom is -0.497 e. The number of hydrogen-bond acceptors (Lipinski definition) is 3. The molecule has 5 heteroatoms. The topological polar surface area (TPSA) is 41.5 Å². The van der Waals surface area contributed by atoms with Crippen LogP contribution in [-0.2, 0) is 13.0 Å². The maximum Gasteiger partial charge on any atom is 0.119 e. The molecule has 0 bridgehead atoms. The van der Waals surface area contributed by atoms with Crippen molar-refractivity contribution in [2.24, 2.45) is 0 Å². The first-order chi connectivity index (χ1) is 10.3. The van der Waals surface area contributed by atoms with E-state index in [0.717, 1.165) is 30.7 Å². The Morgan fingerprint density at radius 3 is 2.39 bits per heavy atom. The number of nitrogens with one attached hydrogen (secondary N) is 1. The van der Waals surface area contributed by atoms with Gasteiger partial charge >= 0.3 is 0 Å². The van der Waals surface area contributed by atoms with Crippen molar-refractivity contribution in [1.29, 1.82) is 0 Å². The molecule has 2 aromatic carbocycles. The zero-order valence-corrected chi connectivity index (χ0v) is 14.9. The van der Waals surface area contributed by atoms with Gasteiger partial charge in [-0.15, -0.1) is 24.8 Å². The fraction of sp³-hybridized carbons (Fsp3) is 0.333. The Morgan fingerprint density at radius 2 is 1.70 bits per heavy atom. The lowest BCUT2D eigenvalue weighted by molar-refractivity contribution is 0.161. The molecular weight excluding hydrogens is 333 g/mol. The van der Waals surface area contributed by atoms with Gasteiger partial charge in [-0.25, -0.2) is 0 Å². The van der Waals surface area contributed by atoms with Crippen molar-refractivity contribution >= 4 is 24.8 Å². The van der Waals surface area contributed by atoms with Crippen molar-refractivity contribution in [3.63, 3.8) is 0 Å². The van der Waals surface area contributed by atoms with E-state index in [4.69, 9.17) is 4.74 Å². The van der Waals surface area contributed by atoms with Gasteiger partial charge in [0.2, 0.25) is 0 Å². The van der Waals surface area contributed by atoms with Gasteiger partial charge in [-0.2, -0.15) is 0 Å². The van der Waals surface area contributed by atoms with Crippen molar-refractivity contribution in [3.8, 4) is 5.75 Å². The quantitative estimate of drug-likeness (QED) is 0.757. The summed E-state index contributed by atoms with van der Waals surface area (Å²) in [7, 11) is 1.67. The third-order valence-electron chi connectivity index (χ3n) is 3.45. The average Bonchev–Trinajstić information content (AvgIpc) is 2.54. The van der Waals surface area contributed by atoms with Crippen LogP contribution in [0.5, 0.6) is 5.75 Å². The molecule has 0 heterocycles. The van der Waals surface area contributed by atoms with Crippen LogP contribution in [0, 0.1) is 0 Å². The second-order valence-corrected chi connectivity index (χ2v) is 5.16. The number of halogens is 2. The Bertz CT molecular complexity index is 538. The molecule has 2 aromatic rings. The van der Waals surface area contributed by atoms with E-state index in [0.29, 0.717) is 6.54 Å². The molecule has 2 rings (SSSR count). The van der Waals surface area contributed by atoms with Crippen molar-refractivity contribution in [2.45, 2.75) is 25.5 Å². The third-order valence-corrected chi connectivity index (χ3v) is 3.45. The Hall–Kier alpha value is -1.26. The number of ether oxygens (including phenoxy) is 1. The SMILES string of the molecule is COc1cccc(CNCC(O)CCc2ccccc2)c1.Cl.Cl. The zero-order chi connectivity index (χ0) is 14.9. The molecule has 128 valence electrons. The number of aliphatic hydroxyl groups is 1. The van der Waals surface area contributed by atoms with E-state index in [9.17, 15) is 5.11 Å². The normalized spacial score (nSPS) is 11.0. The molecule has 0 radical (unpaired) electrons. The standard InChI is InChI=1S/C18H23NO2.2ClH/c1-21-18-9-5-8-16(12-18)13-19-14-17(20)11-10-15-6-3-2-4-7-15;;/h2-9,12,17,19-20H,10-11,13-14H2,1H3;2*1H. The van der Waals surface area contributed by atoms with Crippen LogP contribution in [0.25, 0.3) is 0 Å². The molecule has 0 aliphatic carbocycles. The van der Waals surface area contributed by atoms with Gasteiger partial charge in [0, 0.05) is 13.1 Å². The molecule has 1 atom stereocenters. The van der Waals surface area contributed by atoms with E-state index in [2.05, 4.69) is 17.4 Å². The van der Waals surface area contributed by atoms with Gasteiger partial charge < -0.3 is 15.2 Å². The molecule has 2 N–H and O–H groups in total. The van der Waals surface area contributed by atoms with Crippen LogP contribution >= 0.6 is 24.8 Å². The molecule has 0 amide bonds. The Balaban J connectivity index is 0.00000242. The van der Waals surface area contributed by atoms with Gasteiger partial charge in [-0.3, -0.25) is 0 Å². The molecule has 0 aliphatic rings. The Morgan fingerprint density at radius 1 is 1.00 bits per heavy atom. The van der Waals surface area contributed by atoms with Gasteiger partial charge in [0.15, 0.2) is 0 Å². The number of benzene rings is 2. The van der Waals surface area contributed by atoms with E-state index < -0.39 is 0 Å². The molecular formula is C18H25Cl2NO2. The van der Waals surface area contributed by atoms with Crippen molar-refractivity contribution < 1.29 is 9.84 Å². The van der Waals surface area contributed by atoms with Crippen LogP contribution in [0.2, 0.25) is 0 Å². The molecule has 0 aromatic heterocycles. The molecule has 0 spiro atoms. The first-order valence-corrected chi connectivity index (χ1v) is 7.33. The minimum atomic E-state index is -0.323. The maximum absolute atomic E-state index is 10.0. The highest BCUT2D eigenvalue weighted by Gasteiger charge is 2.04. The van der Waals surface area contributed by atoms with E-state index in [1.165, 1.54) is 5.56 Å². The largest absolute Gasteiger partial charge is 0.497 e. The summed E-state index contributed by atoms with van der Waals surface area (Å²) in [4.78, 5) is 0. The summed E-state index contributed by atoms with van der Waals surface area (Å²) in [5, 5.41) is 13.3. The van der Waals surface area contributed by atoms with Gasteiger partial charge in [-0.05, 0) is 36.1 Å². The van der Waals surface area contributed by atoms with E-state index >= 15 is 0 Å². The molecule has 1 unspecified atom stereocenters. The van der Waals surface area contributed by atoms with Crippen LogP contribution in [0.1, 0.15) is 17.5 Å². The number of methoxy groups -OCH3 is 1. The number of aryl methyl sites for hydroxylation is 1. The summed E-state index contributed by atoms with van der Waals surface area (Å²) in [5.41, 5.74) is 2.42. The van der Waals surface area contributed by atoms with Gasteiger partial charge in [-0.1, -0.05) is 42.5 Å². The van der Waals surface area contributed by atoms with Crippen LogP contribution in [0.4, 0.5) is 0 Å². The predicted octanol–water partition coefficient (Wildman–Crippen LogP) is 3.62. The highest BCUT2D eigenvalue weighted by molar-refractivity contribution is 5.85. The van der Waals surface area contributed by atoms with Crippen molar-refractivity contribution in [3.05, 3.63) is 65.7 Å². The lowest BCUT2D eigenvalue weighted by atomic mass is 10.1. The smallest absolute Gasteiger partial charge is 0.119 e. The molecule has 3 nitrogen and oxygen atoms in total. The lowest BCUT2D eigenvalue weighted by Gasteiger charge is -2.12. The minimum absolute atomic E-state index is 0. The number of hydrogen-bond donors (Lipinski definition) is 2. The van der Waals surface area contributed by atoms with Gasteiger partial charge in [0.25, 0.3) is 0 Å². The van der Waals surface area contributed by atoms with Gasteiger partial charge in [0.1, 0.15) is 5.75 Å². The summed E-state index contributed by atoms with van der Waals surface area (Å²) < 4.78 is 5.19. The Labute approximate surface area is 150 Å². The monoisotopic (exact) mass is 357 g/mol. The highest BCUT2D eigenvalue weighted by atomic mass is 35.5. The average molecular weight is 358 g/mol. The van der Waals surface area contributed by atoms with Crippen LogP contribution < -0.4 is 10.1 Å². The fourth-order valence-electron chi connectivity index (χ4n) is 2.25. The molecule has 0 fully saturated rings. The van der Waals surface area contributed by atoms with Crippen LogP contribution in [0.3, 0.4) is 0 Å². The summed E-state index contributed by atoms with van der Waals surface area (Å²) in [6.45, 7) is 1.34. The molecule has 0 saturated heterocycles. The van der Waals surface area contributed by atoms with E-state index in [-0.39, 0.29) is 30.9 Å².